The average molecular weight is 181 g/mol. The second kappa shape index (κ2) is 4.00. The van der Waals surface area contributed by atoms with Crippen LogP contribution < -0.4 is 5.32 Å². The van der Waals surface area contributed by atoms with E-state index in [2.05, 4.69) is 12.2 Å². The molecule has 1 N–H and O–H groups in total. The molecule has 1 heterocycles. The van der Waals surface area contributed by atoms with Gasteiger partial charge in [-0.15, -0.1) is 0 Å². The van der Waals surface area contributed by atoms with Crippen LogP contribution in [0.25, 0.3) is 0 Å². The Morgan fingerprint density at radius 2 is 1.92 bits per heavy atom. The zero-order valence-corrected chi connectivity index (χ0v) is 8.94. The van der Waals surface area contributed by atoms with Crippen molar-refractivity contribution in [3.63, 3.8) is 0 Å². The molecule has 1 aliphatic carbocycles. The van der Waals surface area contributed by atoms with Crippen LogP contribution in [0.1, 0.15) is 51.9 Å². The highest BCUT2D eigenvalue weighted by atomic mass is 14.9. The van der Waals surface area contributed by atoms with Gasteiger partial charge in [0.25, 0.3) is 0 Å². The molecule has 2 fully saturated rings. The Bertz CT molecular complexity index is 150. The smallest absolute Gasteiger partial charge is 0.00153 e. The van der Waals surface area contributed by atoms with Gasteiger partial charge < -0.3 is 5.32 Å². The molecule has 2 aliphatic rings. The molecule has 0 radical (unpaired) electrons. The van der Waals surface area contributed by atoms with Crippen LogP contribution >= 0.6 is 0 Å². The minimum atomic E-state index is 0.762. The van der Waals surface area contributed by atoms with Gasteiger partial charge in [-0.2, -0.15) is 0 Å². The molecule has 2 rings (SSSR count). The van der Waals surface area contributed by atoms with Gasteiger partial charge in [-0.3, -0.25) is 0 Å². The van der Waals surface area contributed by atoms with E-state index in [4.69, 9.17) is 0 Å². The SMILES string of the molecule is CCC1CNCCC12CCCCC2. The molecule has 0 amide bonds. The lowest BCUT2D eigenvalue weighted by atomic mass is 9.62. The third-order valence-electron chi connectivity index (χ3n) is 4.40. The van der Waals surface area contributed by atoms with Crippen molar-refractivity contribution in [3.05, 3.63) is 0 Å². The van der Waals surface area contributed by atoms with Crippen molar-refractivity contribution in [1.29, 1.82) is 0 Å². The Labute approximate surface area is 82.3 Å². The molecule has 1 saturated heterocycles. The fourth-order valence-electron chi connectivity index (χ4n) is 3.53. The molecule has 13 heavy (non-hydrogen) atoms. The highest BCUT2D eigenvalue weighted by Crippen LogP contribution is 2.47. The first-order valence-corrected chi connectivity index (χ1v) is 6.08. The highest BCUT2D eigenvalue weighted by Gasteiger charge is 2.39. The molecule has 1 nitrogen and oxygen atoms in total. The molecule has 1 unspecified atom stereocenters. The Morgan fingerprint density at radius 3 is 2.62 bits per heavy atom. The molecule has 1 spiro atoms. The largest absolute Gasteiger partial charge is 0.316 e. The van der Waals surface area contributed by atoms with E-state index in [1.54, 1.807) is 0 Å². The van der Waals surface area contributed by atoms with Crippen LogP contribution in [0.5, 0.6) is 0 Å². The first kappa shape index (κ1) is 9.51. The third kappa shape index (κ3) is 1.76. The molecule has 0 aromatic heterocycles. The molecule has 1 atom stereocenters. The summed E-state index contributed by atoms with van der Waals surface area (Å²) in [6, 6.07) is 0. The van der Waals surface area contributed by atoms with Gasteiger partial charge in [0.1, 0.15) is 0 Å². The molecule has 0 bridgehead atoms. The lowest BCUT2D eigenvalue weighted by molar-refractivity contribution is 0.0568. The van der Waals surface area contributed by atoms with Gasteiger partial charge in [-0.05, 0) is 43.7 Å². The van der Waals surface area contributed by atoms with E-state index in [-0.39, 0.29) is 0 Å². The van der Waals surface area contributed by atoms with Crippen molar-refractivity contribution in [2.45, 2.75) is 51.9 Å². The third-order valence-corrected chi connectivity index (χ3v) is 4.40. The molecule has 76 valence electrons. The van der Waals surface area contributed by atoms with E-state index in [0.29, 0.717) is 0 Å². The van der Waals surface area contributed by atoms with Gasteiger partial charge >= 0.3 is 0 Å². The van der Waals surface area contributed by atoms with Gasteiger partial charge in [0.2, 0.25) is 0 Å². The minimum Gasteiger partial charge on any atom is -0.316 e. The molecule has 1 saturated carbocycles. The maximum atomic E-state index is 3.56. The minimum absolute atomic E-state index is 0.762. The lowest BCUT2D eigenvalue weighted by Crippen LogP contribution is -2.45. The average Bonchev–Trinajstić information content (AvgIpc) is 2.20. The van der Waals surface area contributed by atoms with Crippen molar-refractivity contribution >= 4 is 0 Å². The summed E-state index contributed by atoms with van der Waals surface area (Å²) in [4.78, 5) is 0. The molecular weight excluding hydrogens is 158 g/mol. The van der Waals surface area contributed by atoms with E-state index < -0.39 is 0 Å². The first-order chi connectivity index (χ1) is 6.37. The second-order valence-corrected chi connectivity index (χ2v) is 4.98. The zero-order chi connectivity index (χ0) is 9.15. The van der Waals surface area contributed by atoms with Crippen LogP contribution in [-0.4, -0.2) is 13.1 Å². The molecule has 0 aromatic carbocycles. The van der Waals surface area contributed by atoms with Crippen molar-refractivity contribution in [1.82, 2.24) is 5.32 Å². The van der Waals surface area contributed by atoms with Crippen LogP contribution in [0.2, 0.25) is 0 Å². The standard InChI is InChI=1S/C12H23N/c1-2-11-10-13-9-8-12(11)6-4-3-5-7-12/h11,13H,2-10H2,1H3. The molecule has 1 aliphatic heterocycles. The lowest BCUT2D eigenvalue weighted by Gasteiger charge is -2.47. The van der Waals surface area contributed by atoms with Crippen molar-refractivity contribution in [2.75, 3.05) is 13.1 Å². The number of piperidine rings is 1. The maximum Gasteiger partial charge on any atom is -0.00153 e. The summed E-state index contributed by atoms with van der Waals surface area (Å²) < 4.78 is 0. The van der Waals surface area contributed by atoms with Crippen LogP contribution in [0.4, 0.5) is 0 Å². The van der Waals surface area contributed by atoms with Crippen LogP contribution in [0.15, 0.2) is 0 Å². The number of nitrogens with one attached hydrogen (secondary N) is 1. The maximum absolute atomic E-state index is 3.56. The van der Waals surface area contributed by atoms with Gasteiger partial charge in [0, 0.05) is 0 Å². The fraction of sp³-hybridized carbons (Fsp3) is 1.00. The zero-order valence-electron chi connectivity index (χ0n) is 8.94. The number of hydrogen-bond acceptors (Lipinski definition) is 1. The van der Waals surface area contributed by atoms with Crippen LogP contribution in [0.3, 0.4) is 0 Å². The Morgan fingerprint density at radius 1 is 1.15 bits per heavy atom. The first-order valence-electron chi connectivity index (χ1n) is 6.08. The topological polar surface area (TPSA) is 12.0 Å². The number of hydrogen-bond donors (Lipinski definition) is 1. The molecular formula is C12H23N. The second-order valence-electron chi connectivity index (χ2n) is 4.98. The Balaban J connectivity index is 2.06. The molecule has 0 aromatic rings. The van der Waals surface area contributed by atoms with E-state index in [0.717, 1.165) is 11.3 Å². The molecule has 1 heteroatoms. The number of rotatable bonds is 1. The summed E-state index contributed by atoms with van der Waals surface area (Å²) in [6.07, 6.45) is 10.4. The summed E-state index contributed by atoms with van der Waals surface area (Å²) in [5.41, 5.74) is 0.762. The monoisotopic (exact) mass is 181 g/mol. The normalized spacial score (nSPS) is 33.5. The summed E-state index contributed by atoms with van der Waals surface area (Å²) in [6.45, 7) is 4.93. The van der Waals surface area contributed by atoms with E-state index >= 15 is 0 Å². The van der Waals surface area contributed by atoms with Gasteiger partial charge in [-0.25, -0.2) is 0 Å². The van der Waals surface area contributed by atoms with Crippen molar-refractivity contribution in [2.24, 2.45) is 11.3 Å². The van der Waals surface area contributed by atoms with Gasteiger partial charge in [0.05, 0.1) is 0 Å². The van der Waals surface area contributed by atoms with Crippen LogP contribution in [0, 0.1) is 11.3 Å². The van der Waals surface area contributed by atoms with Gasteiger partial charge in [0.15, 0.2) is 0 Å². The predicted molar refractivity (Wildman–Crippen MR) is 56.8 cm³/mol. The van der Waals surface area contributed by atoms with E-state index in [1.807, 2.05) is 0 Å². The van der Waals surface area contributed by atoms with Crippen molar-refractivity contribution < 1.29 is 0 Å². The predicted octanol–water partition coefficient (Wildman–Crippen LogP) is 2.96. The quantitative estimate of drug-likeness (QED) is 0.656. The Hall–Kier alpha value is -0.0400. The summed E-state index contributed by atoms with van der Waals surface area (Å²) in [5.74, 6) is 0.974. The highest BCUT2D eigenvalue weighted by molar-refractivity contribution is 4.92. The van der Waals surface area contributed by atoms with Gasteiger partial charge in [-0.1, -0.05) is 32.6 Å². The van der Waals surface area contributed by atoms with E-state index in [1.165, 1.54) is 58.0 Å². The summed E-state index contributed by atoms with van der Waals surface area (Å²) in [7, 11) is 0. The van der Waals surface area contributed by atoms with E-state index in [9.17, 15) is 0 Å². The summed E-state index contributed by atoms with van der Waals surface area (Å²) in [5, 5.41) is 3.56. The summed E-state index contributed by atoms with van der Waals surface area (Å²) >= 11 is 0. The van der Waals surface area contributed by atoms with Crippen molar-refractivity contribution in [3.8, 4) is 0 Å². The fourth-order valence-corrected chi connectivity index (χ4v) is 3.53. The Kier molecular flexibility index (Phi) is 2.92. The van der Waals surface area contributed by atoms with Crippen LogP contribution in [-0.2, 0) is 0 Å².